The molecule has 8 heteroatoms. The second kappa shape index (κ2) is 9.94. The number of fused-ring (bicyclic) bond motifs is 1. The lowest BCUT2D eigenvalue weighted by atomic mass is 10.1. The van der Waals surface area contributed by atoms with E-state index in [0.29, 0.717) is 18.8 Å². The Labute approximate surface area is 214 Å². The van der Waals surface area contributed by atoms with Crippen LogP contribution in [-0.2, 0) is 4.79 Å². The summed E-state index contributed by atoms with van der Waals surface area (Å²) in [6.45, 7) is 6.87. The third-order valence-corrected chi connectivity index (χ3v) is 6.62. The van der Waals surface area contributed by atoms with Crippen LogP contribution in [0.4, 0.5) is 4.39 Å². The molecule has 0 saturated carbocycles. The maximum Gasteiger partial charge on any atom is 0.298 e. The molecule has 0 unspecified atom stereocenters. The smallest absolute Gasteiger partial charge is 0.298 e. The summed E-state index contributed by atoms with van der Waals surface area (Å²) in [6.07, 6.45) is 2.66. The molecular formula is C29H27FN4O3. The molecule has 5 rings (SSSR count). The molecule has 0 radical (unpaired) electrons. The average Bonchev–Trinajstić information content (AvgIpc) is 3.54. The van der Waals surface area contributed by atoms with Crippen LogP contribution in [0.25, 0.3) is 16.8 Å². The molecule has 2 aromatic heterocycles. The van der Waals surface area contributed by atoms with E-state index >= 15 is 0 Å². The number of hydrogen-bond acceptors (Lipinski definition) is 5. The summed E-state index contributed by atoms with van der Waals surface area (Å²) in [5.41, 5.74) is 4.46. The lowest BCUT2D eigenvalue weighted by molar-refractivity contribution is -0.124. The number of carbonyl (C=O) groups is 1. The van der Waals surface area contributed by atoms with Crippen molar-refractivity contribution in [1.82, 2.24) is 19.3 Å². The summed E-state index contributed by atoms with van der Waals surface area (Å²) in [6, 6.07) is 12.2. The molecule has 1 aliphatic heterocycles. The van der Waals surface area contributed by atoms with E-state index in [1.165, 1.54) is 7.11 Å². The number of carbonyl (C=O) groups excluding carboxylic acids is 1. The van der Waals surface area contributed by atoms with Crippen LogP contribution in [0.2, 0.25) is 0 Å². The van der Waals surface area contributed by atoms with E-state index in [1.807, 2.05) is 32.2 Å². The van der Waals surface area contributed by atoms with Gasteiger partial charge in [0.2, 0.25) is 5.82 Å². The van der Waals surface area contributed by atoms with Crippen LogP contribution in [0.1, 0.15) is 36.5 Å². The number of imidazole rings is 1. The van der Waals surface area contributed by atoms with Crippen molar-refractivity contribution in [1.29, 1.82) is 0 Å². The number of aryl methyl sites for hydroxylation is 2. The molecule has 7 nitrogen and oxygen atoms in total. The molecule has 188 valence electrons. The Kier molecular flexibility index (Phi) is 6.53. The number of halogens is 1. The number of nitrogens with zero attached hydrogens (tertiary/aromatic N) is 4. The number of ether oxygens (including phenoxy) is 2. The third kappa shape index (κ3) is 4.49. The van der Waals surface area contributed by atoms with Crippen LogP contribution in [0.15, 0.2) is 48.7 Å². The van der Waals surface area contributed by atoms with Gasteiger partial charge in [0.15, 0.2) is 11.5 Å². The Balaban J connectivity index is 1.50. The Morgan fingerprint density at radius 2 is 1.89 bits per heavy atom. The predicted octanol–water partition coefficient (Wildman–Crippen LogP) is 5.29. The standard InChI is InChI=1S/C29H27FN4O3/c1-5-7-25(35)33-15-14-21(17-33)29-32-27(28-19(3)31-16-18(2)34(28)29)20-10-12-22(13-11-20)37-24-9-6-8-23(36-4)26(24)30/h6,8-13,16,21H,14-15,17H2,1-4H3/t21-/m1/s1. The third-order valence-electron chi connectivity index (χ3n) is 6.62. The second-order valence-electron chi connectivity index (χ2n) is 9.00. The molecule has 0 aliphatic carbocycles. The lowest BCUT2D eigenvalue weighted by Gasteiger charge is -2.13. The van der Waals surface area contributed by atoms with Crippen molar-refractivity contribution in [2.75, 3.05) is 20.2 Å². The summed E-state index contributed by atoms with van der Waals surface area (Å²) < 4.78 is 27.5. The predicted molar refractivity (Wildman–Crippen MR) is 138 cm³/mol. The number of likely N-dealkylation sites (tertiary alicyclic amines) is 1. The maximum atomic E-state index is 14.5. The molecule has 1 amide bonds. The van der Waals surface area contributed by atoms with Crippen molar-refractivity contribution in [3.05, 3.63) is 71.7 Å². The molecular weight excluding hydrogens is 471 g/mol. The Morgan fingerprint density at radius 3 is 2.62 bits per heavy atom. The van der Waals surface area contributed by atoms with Gasteiger partial charge in [0, 0.05) is 36.5 Å². The topological polar surface area (TPSA) is 69.0 Å². The Bertz CT molecular complexity index is 1550. The number of hydrogen-bond donors (Lipinski definition) is 0. The van der Waals surface area contributed by atoms with Crippen LogP contribution in [-0.4, -0.2) is 45.4 Å². The zero-order valence-electron chi connectivity index (χ0n) is 21.2. The van der Waals surface area contributed by atoms with Gasteiger partial charge < -0.3 is 14.4 Å². The number of benzene rings is 2. The minimum Gasteiger partial charge on any atom is -0.494 e. The maximum absolute atomic E-state index is 14.5. The van der Waals surface area contributed by atoms with Gasteiger partial charge in [-0.15, -0.1) is 0 Å². The lowest BCUT2D eigenvalue weighted by Crippen LogP contribution is -2.27. The first-order chi connectivity index (χ1) is 17.9. The summed E-state index contributed by atoms with van der Waals surface area (Å²) >= 11 is 0. The van der Waals surface area contributed by atoms with E-state index < -0.39 is 5.82 Å². The van der Waals surface area contributed by atoms with Crippen molar-refractivity contribution in [2.24, 2.45) is 0 Å². The van der Waals surface area contributed by atoms with Crippen molar-refractivity contribution in [2.45, 2.75) is 33.1 Å². The first kappa shape index (κ1) is 24.3. The van der Waals surface area contributed by atoms with Crippen molar-refractivity contribution in [3.8, 4) is 40.3 Å². The van der Waals surface area contributed by atoms with E-state index in [4.69, 9.17) is 14.5 Å². The normalized spacial score (nSPS) is 14.9. The van der Waals surface area contributed by atoms with Crippen LogP contribution in [0.3, 0.4) is 0 Å². The van der Waals surface area contributed by atoms with E-state index in [1.54, 1.807) is 42.2 Å². The van der Waals surface area contributed by atoms with Gasteiger partial charge in [0.25, 0.3) is 5.91 Å². The van der Waals surface area contributed by atoms with Crippen LogP contribution < -0.4 is 9.47 Å². The molecule has 0 spiro atoms. The molecule has 1 fully saturated rings. The first-order valence-corrected chi connectivity index (χ1v) is 12.1. The number of aromatic nitrogens is 3. The van der Waals surface area contributed by atoms with Gasteiger partial charge in [-0.25, -0.2) is 4.98 Å². The van der Waals surface area contributed by atoms with Crippen molar-refractivity contribution in [3.63, 3.8) is 0 Å². The zero-order chi connectivity index (χ0) is 26.1. The molecule has 1 atom stereocenters. The van der Waals surface area contributed by atoms with Gasteiger partial charge in [-0.1, -0.05) is 12.0 Å². The fourth-order valence-electron chi connectivity index (χ4n) is 4.79. The van der Waals surface area contributed by atoms with Crippen LogP contribution >= 0.6 is 0 Å². The highest BCUT2D eigenvalue weighted by Gasteiger charge is 2.31. The molecule has 1 saturated heterocycles. The largest absolute Gasteiger partial charge is 0.494 e. The SMILES string of the molecule is CC#CC(=O)N1CC[C@@H](c2nc(-c3ccc(Oc4cccc(OC)c4F)cc3)c3c(C)ncc(C)n23)C1. The van der Waals surface area contributed by atoms with Crippen LogP contribution in [0, 0.1) is 31.5 Å². The monoisotopic (exact) mass is 498 g/mol. The Morgan fingerprint density at radius 1 is 1.14 bits per heavy atom. The summed E-state index contributed by atoms with van der Waals surface area (Å²) in [5, 5.41) is 0. The average molecular weight is 499 g/mol. The molecule has 0 N–H and O–H groups in total. The fourth-order valence-corrected chi connectivity index (χ4v) is 4.79. The minimum atomic E-state index is -0.551. The first-order valence-electron chi connectivity index (χ1n) is 12.1. The highest BCUT2D eigenvalue weighted by molar-refractivity contribution is 5.93. The summed E-state index contributed by atoms with van der Waals surface area (Å²) in [5.74, 6) is 6.33. The molecule has 2 aromatic carbocycles. The molecule has 3 heterocycles. The number of amides is 1. The highest BCUT2D eigenvalue weighted by atomic mass is 19.1. The fraction of sp³-hybridized carbons (Fsp3) is 0.276. The van der Waals surface area contributed by atoms with Gasteiger partial charge in [-0.3, -0.25) is 14.2 Å². The molecule has 1 aliphatic rings. The molecule has 37 heavy (non-hydrogen) atoms. The van der Waals surface area contributed by atoms with E-state index in [-0.39, 0.29) is 23.3 Å². The minimum absolute atomic E-state index is 0.0861. The zero-order valence-corrected chi connectivity index (χ0v) is 21.2. The van der Waals surface area contributed by atoms with Gasteiger partial charge in [-0.2, -0.15) is 4.39 Å². The van der Waals surface area contributed by atoms with E-state index in [9.17, 15) is 9.18 Å². The van der Waals surface area contributed by atoms with E-state index in [2.05, 4.69) is 21.2 Å². The van der Waals surface area contributed by atoms with Gasteiger partial charge in [0.05, 0.1) is 24.0 Å². The summed E-state index contributed by atoms with van der Waals surface area (Å²) in [7, 11) is 1.42. The quantitative estimate of drug-likeness (QED) is 0.350. The van der Waals surface area contributed by atoms with Crippen molar-refractivity contribution >= 4 is 11.4 Å². The van der Waals surface area contributed by atoms with Gasteiger partial charge >= 0.3 is 0 Å². The second-order valence-corrected chi connectivity index (χ2v) is 9.00. The van der Waals surface area contributed by atoms with E-state index in [0.717, 1.165) is 40.4 Å². The number of rotatable bonds is 5. The Hall–Kier alpha value is -4.38. The van der Waals surface area contributed by atoms with Crippen molar-refractivity contribution < 1.29 is 18.7 Å². The molecule has 4 aromatic rings. The van der Waals surface area contributed by atoms with Gasteiger partial charge in [0.1, 0.15) is 11.6 Å². The molecule has 0 bridgehead atoms. The van der Waals surface area contributed by atoms with Gasteiger partial charge in [-0.05, 0) is 69.5 Å². The highest BCUT2D eigenvalue weighted by Crippen LogP contribution is 2.36. The number of methoxy groups -OCH3 is 1. The van der Waals surface area contributed by atoms with Crippen LogP contribution in [0.5, 0.6) is 17.2 Å². The summed E-state index contributed by atoms with van der Waals surface area (Å²) in [4.78, 5) is 23.8.